The van der Waals surface area contributed by atoms with Crippen LogP contribution in [0.3, 0.4) is 0 Å². The van der Waals surface area contributed by atoms with Gasteiger partial charge in [-0.2, -0.15) is 5.26 Å². The summed E-state index contributed by atoms with van der Waals surface area (Å²) in [6.07, 6.45) is 5.32. The lowest BCUT2D eigenvalue weighted by molar-refractivity contribution is 0.00641. The van der Waals surface area contributed by atoms with Crippen molar-refractivity contribution in [2.24, 2.45) is 0 Å². The molecule has 0 saturated carbocycles. The molecule has 0 amide bonds. The van der Waals surface area contributed by atoms with Crippen molar-refractivity contribution in [1.82, 2.24) is 4.90 Å². The average molecular weight is 258 g/mol. The van der Waals surface area contributed by atoms with Crippen LogP contribution in [0.2, 0.25) is 0 Å². The predicted octanol–water partition coefficient (Wildman–Crippen LogP) is 2.95. The van der Waals surface area contributed by atoms with Gasteiger partial charge in [-0.05, 0) is 50.4 Å². The number of rotatable bonds is 5. The van der Waals surface area contributed by atoms with E-state index in [0.29, 0.717) is 6.10 Å². The Morgan fingerprint density at radius 1 is 1.32 bits per heavy atom. The number of nitrogens with zero attached hydrogens (tertiary/aromatic N) is 2. The molecule has 3 heteroatoms. The van der Waals surface area contributed by atoms with E-state index in [2.05, 4.69) is 18.0 Å². The lowest BCUT2D eigenvalue weighted by Gasteiger charge is -2.25. The Labute approximate surface area is 115 Å². The first-order valence-corrected chi connectivity index (χ1v) is 7.07. The zero-order chi connectivity index (χ0) is 13.5. The maximum Gasteiger partial charge on any atom is 0.0991 e. The lowest BCUT2D eigenvalue weighted by Crippen LogP contribution is -2.26. The summed E-state index contributed by atoms with van der Waals surface area (Å²) in [6.45, 7) is 2.92. The molecule has 1 saturated heterocycles. The van der Waals surface area contributed by atoms with Crippen LogP contribution in [0.25, 0.3) is 0 Å². The first-order valence-electron chi connectivity index (χ1n) is 7.07. The average Bonchev–Trinajstić information content (AvgIpc) is 2.47. The SMILES string of the molecule is CN(CC[C@@H]1CCCCO1)Cc1ccc(C#N)cc1. The molecule has 0 aliphatic carbocycles. The molecule has 1 heterocycles. The summed E-state index contributed by atoms with van der Waals surface area (Å²) in [6, 6.07) is 9.98. The second-order valence-electron chi connectivity index (χ2n) is 5.32. The Balaban J connectivity index is 1.73. The molecule has 1 aliphatic heterocycles. The molecule has 1 aromatic carbocycles. The fourth-order valence-electron chi connectivity index (χ4n) is 2.47. The van der Waals surface area contributed by atoms with Crippen LogP contribution in [0, 0.1) is 11.3 Å². The molecule has 19 heavy (non-hydrogen) atoms. The monoisotopic (exact) mass is 258 g/mol. The van der Waals surface area contributed by atoms with E-state index in [1.165, 1.54) is 24.8 Å². The van der Waals surface area contributed by atoms with E-state index < -0.39 is 0 Å². The van der Waals surface area contributed by atoms with Gasteiger partial charge in [0.1, 0.15) is 0 Å². The third-order valence-corrected chi connectivity index (χ3v) is 3.64. The molecule has 0 N–H and O–H groups in total. The quantitative estimate of drug-likeness (QED) is 0.814. The third kappa shape index (κ3) is 4.66. The maximum absolute atomic E-state index is 8.76. The van der Waals surface area contributed by atoms with Crippen LogP contribution in [0.4, 0.5) is 0 Å². The highest BCUT2D eigenvalue weighted by molar-refractivity contribution is 5.31. The largest absolute Gasteiger partial charge is 0.378 e. The number of ether oxygens (including phenoxy) is 1. The molecule has 1 atom stereocenters. The Morgan fingerprint density at radius 2 is 2.11 bits per heavy atom. The Bertz CT molecular complexity index is 415. The number of hydrogen-bond donors (Lipinski definition) is 0. The van der Waals surface area contributed by atoms with Crippen molar-refractivity contribution in [2.45, 2.75) is 38.3 Å². The summed E-state index contributed by atoms with van der Waals surface area (Å²) in [5.41, 5.74) is 1.98. The molecule has 0 spiro atoms. The van der Waals surface area contributed by atoms with E-state index in [1.807, 2.05) is 24.3 Å². The third-order valence-electron chi connectivity index (χ3n) is 3.64. The van der Waals surface area contributed by atoms with Crippen molar-refractivity contribution in [3.05, 3.63) is 35.4 Å². The van der Waals surface area contributed by atoms with Gasteiger partial charge >= 0.3 is 0 Å². The first kappa shape index (κ1) is 14.0. The molecule has 2 rings (SSSR count). The van der Waals surface area contributed by atoms with Crippen molar-refractivity contribution in [1.29, 1.82) is 5.26 Å². The fourth-order valence-corrected chi connectivity index (χ4v) is 2.47. The van der Waals surface area contributed by atoms with Gasteiger partial charge in [0.25, 0.3) is 0 Å². The van der Waals surface area contributed by atoms with Crippen LogP contribution in [-0.4, -0.2) is 31.2 Å². The summed E-state index contributed by atoms with van der Waals surface area (Å²) in [7, 11) is 2.14. The van der Waals surface area contributed by atoms with Gasteiger partial charge in [-0.15, -0.1) is 0 Å². The van der Waals surface area contributed by atoms with Crippen molar-refractivity contribution in [2.75, 3.05) is 20.2 Å². The Kier molecular flexibility index (Phi) is 5.38. The van der Waals surface area contributed by atoms with Gasteiger partial charge in [0.2, 0.25) is 0 Å². The maximum atomic E-state index is 8.76. The van der Waals surface area contributed by atoms with E-state index >= 15 is 0 Å². The molecule has 0 bridgehead atoms. The van der Waals surface area contributed by atoms with Crippen LogP contribution >= 0.6 is 0 Å². The van der Waals surface area contributed by atoms with Crippen LogP contribution in [0.1, 0.15) is 36.8 Å². The first-order chi connectivity index (χ1) is 9.28. The van der Waals surface area contributed by atoms with E-state index in [9.17, 15) is 0 Å². The lowest BCUT2D eigenvalue weighted by atomic mass is 10.1. The highest BCUT2D eigenvalue weighted by Gasteiger charge is 2.14. The summed E-state index contributed by atoms with van der Waals surface area (Å²) in [5, 5.41) is 8.76. The van der Waals surface area contributed by atoms with Crippen molar-refractivity contribution >= 4 is 0 Å². The van der Waals surface area contributed by atoms with Crippen molar-refractivity contribution in [3.63, 3.8) is 0 Å². The van der Waals surface area contributed by atoms with E-state index in [4.69, 9.17) is 10.00 Å². The molecule has 1 aromatic rings. The van der Waals surface area contributed by atoms with Gasteiger partial charge in [0.15, 0.2) is 0 Å². The molecular formula is C16H22N2O. The van der Waals surface area contributed by atoms with Gasteiger partial charge in [0, 0.05) is 19.7 Å². The Morgan fingerprint density at radius 3 is 2.74 bits per heavy atom. The summed E-state index contributed by atoms with van der Waals surface area (Å²) >= 11 is 0. The smallest absolute Gasteiger partial charge is 0.0991 e. The zero-order valence-corrected chi connectivity index (χ0v) is 11.6. The summed E-state index contributed by atoms with van der Waals surface area (Å²) < 4.78 is 5.75. The van der Waals surface area contributed by atoms with Crippen LogP contribution in [0.15, 0.2) is 24.3 Å². The summed E-state index contributed by atoms with van der Waals surface area (Å²) in [5.74, 6) is 0. The Hall–Kier alpha value is -1.37. The standard InChI is InChI=1S/C16H22N2O/c1-18(10-9-16-4-2-3-11-19-16)13-15-7-5-14(12-17)6-8-15/h5-8,16H,2-4,9-11,13H2,1H3/t16-/m0/s1. The number of benzene rings is 1. The number of nitriles is 1. The molecule has 102 valence electrons. The minimum atomic E-state index is 0.456. The van der Waals surface area contributed by atoms with Crippen molar-refractivity contribution < 1.29 is 4.74 Å². The molecule has 0 unspecified atom stereocenters. The van der Waals surface area contributed by atoms with Gasteiger partial charge in [0.05, 0.1) is 17.7 Å². The van der Waals surface area contributed by atoms with Crippen molar-refractivity contribution in [3.8, 4) is 6.07 Å². The van der Waals surface area contributed by atoms with Crippen LogP contribution in [-0.2, 0) is 11.3 Å². The minimum Gasteiger partial charge on any atom is -0.378 e. The van der Waals surface area contributed by atoms with Gasteiger partial charge < -0.3 is 9.64 Å². The second kappa shape index (κ2) is 7.28. The fraction of sp³-hybridized carbons (Fsp3) is 0.562. The van der Waals surface area contributed by atoms with Gasteiger partial charge in [-0.25, -0.2) is 0 Å². The topological polar surface area (TPSA) is 36.3 Å². The minimum absolute atomic E-state index is 0.456. The zero-order valence-electron chi connectivity index (χ0n) is 11.6. The number of hydrogen-bond acceptors (Lipinski definition) is 3. The summed E-state index contributed by atoms with van der Waals surface area (Å²) in [4.78, 5) is 2.32. The normalized spacial score (nSPS) is 19.3. The highest BCUT2D eigenvalue weighted by Crippen LogP contribution is 2.16. The van der Waals surface area contributed by atoms with E-state index in [0.717, 1.165) is 31.7 Å². The molecule has 1 aliphatic rings. The van der Waals surface area contributed by atoms with Crippen LogP contribution in [0.5, 0.6) is 0 Å². The highest BCUT2D eigenvalue weighted by atomic mass is 16.5. The van der Waals surface area contributed by atoms with Gasteiger partial charge in [-0.3, -0.25) is 0 Å². The predicted molar refractivity (Wildman–Crippen MR) is 75.7 cm³/mol. The molecule has 1 fully saturated rings. The molecule has 0 radical (unpaired) electrons. The van der Waals surface area contributed by atoms with E-state index in [-0.39, 0.29) is 0 Å². The van der Waals surface area contributed by atoms with Crippen LogP contribution < -0.4 is 0 Å². The van der Waals surface area contributed by atoms with E-state index in [1.54, 1.807) is 0 Å². The molecule has 3 nitrogen and oxygen atoms in total. The second-order valence-corrected chi connectivity index (χ2v) is 5.32. The molecular weight excluding hydrogens is 236 g/mol. The van der Waals surface area contributed by atoms with Gasteiger partial charge in [-0.1, -0.05) is 12.1 Å². The molecule has 0 aromatic heterocycles.